The van der Waals surface area contributed by atoms with Gasteiger partial charge >= 0.3 is 0 Å². The molecule has 1 amide bonds. The van der Waals surface area contributed by atoms with Gasteiger partial charge in [0.25, 0.3) is 5.91 Å². The summed E-state index contributed by atoms with van der Waals surface area (Å²) >= 11 is 3.12. The predicted molar refractivity (Wildman–Crippen MR) is 76.7 cm³/mol. The maximum absolute atomic E-state index is 13.2. The molecule has 1 N–H and O–H groups in total. The van der Waals surface area contributed by atoms with Gasteiger partial charge in [0.15, 0.2) is 0 Å². The Morgan fingerprint density at radius 1 is 1.58 bits per heavy atom. The maximum atomic E-state index is 13.2. The van der Waals surface area contributed by atoms with Crippen LogP contribution in [-0.2, 0) is 0 Å². The summed E-state index contributed by atoms with van der Waals surface area (Å²) in [4.78, 5) is 14.2. The minimum atomic E-state index is -0.344. The summed E-state index contributed by atoms with van der Waals surface area (Å²) in [5.74, 6) is 0.149. The largest absolute Gasteiger partial charge is 0.338 e. The Balaban J connectivity index is 2.08. The molecule has 0 aromatic heterocycles. The van der Waals surface area contributed by atoms with Gasteiger partial charge < -0.3 is 10.2 Å². The second-order valence-electron chi connectivity index (χ2n) is 4.95. The van der Waals surface area contributed by atoms with Gasteiger partial charge in [-0.2, -0.15) is 0 Å². The lowest BCUT2D eigenvalue weighted by atomic mass is 9.97. The van der Waals surface area contributed by atoms with Gasteiger partial charge in [0.05, 0.1) is 4.47 Å². The number of carbonyl (C=O) groups is 1. The summed E-state index contributed by atoms with van der Waals surface area (Å²) in [5, 5.41) is 3.16. The van der Waals surface area contributed by atoms with E-state index in [-0.39, 0.29) is 11.7 Å². The number of carbonyl (C=O) groups excluding carboxylic acids is 1. The summed E-state index contributed by atoms with van der Waals surface area (Å²) < 4.78 is 13.5. The number of nitrogens with zero attached hydrogens (tertiary/aromatic N) is 1. The summed E-state index contributed by atoms with van der Waals surface area (Å²) in [6.07, 6.45) is 2.18. The summed E-state index contributed by atoms with van der Waals surface area (Å²) in [5.41, 5.74) is 0.540. The standard InChI is InChI=1S/C14H18BrFN2O/c1-17-8-10-3-2-6-18(9-10)14(19)11-4-5-13(16)12(15)7-11/h4-5,7,10,17H,2-3,6,8-9H2,1H3/t10-/m0/s1. The zero-order valence-corrected chi connectivity index (χ0v) is 12.5. The number of hydrogen-bond acceptors (Lipinski definition) is 2. The topological polar surface area (TPSA) is 32.3 Å². The highest BCUT2D eigenvalue weighted by molar-refractivity contribution is 9.10. The van der Waals surface area contributed by atoms with Gasteiger partial charge in [0.2, 0.25) is 0 Å². The van der Waals surface area contributed by atoms with Crippen molar-refractivity contribution in [2.75, 3.05) is 26.7 Å². The first kappa shape index (κ1) is 14.5. The van der Waals surface area contributed by atoms with Crippen LogP contribution < -0.4 is 5.32 Å². The molecule has 0 aliphatic carbocycles. The zero-order chi connectivity index (χ0) is 13.8. The van der Waals surface area contributed by atoms with Crippen molar-refractivity contribution in [1.29, 1.82) is 0 Å². The molecule has 2 rings (SSSR count). The van der Waals surface area contributed by atoms with Crippen molar-refractivity contribution in [3.8, 4) is 0 Å². The SMILES string of the molecule is CNC[C@@H]1CCCN(C(=O)c2ccc(F)c(Br)c2)C1. The van der Waals surface area contributed by atoms with E-state index in [2.05, 4.69) is 21.2 Å². The van der Waals surface area contributed by atoms with Crippen molar-refractivity contribution in [3.05, 3.63) is 34.1 Å². The Labute approximate surface area is 121 Å². The molecular weight excluding hydrogens is 311 g/mol. The molecule has 5 heteroatoms. The number of hydrogen-bond donors (Lipinski definition) is 1. The molecule has 1 aromatic rings. The highest BCUT2D eigenvalue weighted by Crippen LogP contribution is 2.21. The van der Waals surface area contributed by atoms with Crippen LogP contribution in [0.15, 0.2) is 22.7 Å². The van der Waals surface area contributed by atoms with Crippen molar-refractivity contribution >= 4 is 21.8 Å². The molecule has 1 aliphatic heterocycles. The van der Waals surface area contributed by atoms with E-state index in [0.717, 1.165) is 32.5 Å². The molecule has 0 saturated carbocycles. The smallest absolute Gasteiger partial charge is 0.253 e. The van der Waals surface area contributed by atoms with Gasteiger partial charge in [-0.1, -0.05) is 0 Å². The Kier molecular flexibility index (Phi) is 4.93. The quantitative estimate of drug-likeness (QED) is 0.925. The highest BCUT2D eigenvalue weighted by Gasteiger charge is 2.24. The van der Waals surface area contributed by atoms with Gasteiger partial charge in [-0.15, -0.1) is 0 Å². The molecule has 1 aromatic carbocycles. The Bertz CT molecular complexity index is 465. The first-order chi connectivity index (χ1) is 9.11. The number of amides is 1. The third-order valence-corrected chi connectivity index (χ3v) is 4.07. The summed E-state index contributed by atoms with van der Waals surface area (Å²) in [6, 6.07) is 4.43. The number of nitrogens with one attached hydrogen (secondary N) is 1. The first-order valence-electron chi connectivity index (χ1n) is 6.50. The van der Waals surface area contributed by atoms with Gasteiger partial charge in [-0.25, -0.2) is 4.39 Å². The molecule has 1 atom stereocenters. The first-order valence-corrected chi connectivity index (χ1v) is 7.30. The molecule has 1 saturated heterocycles. The number of piperidine rings is 1. The molecule has 1 aliphatic rings. The van der Waals surface area contributed by atoms with Crippen molar-refractivity contribution in [1.82, 2.24) is 10.2 Å². The second-order valence-corrected chi connectivity index (χ2v) is 5.80. The molecule has 19 heavy (non-hydrogen) atoms. The Morgan fingerprint density at radius 3 is 3.05 bits per heavy atom. The van der Waals surface area contributed by atoms with E-state index in [4.69, 9.17) is 0 Å². The van der Waals surface area contributed by atoms with E-state index in [1.54, 1.807) is 12.1 Å². The van der Waals surface area contributed by atoms with Gasteiger partial charge in [0, 0.05) is 18.7 Å². The minimum absolute atomic E-state index is 0.0125. The molecular formula is C14H18BrFN2O. The fraction of sp³-hybridized carbons (Fsp3) is 0.500. The third kappa shape index (κ3) is 3.54. The molecule has 104 valence electrons. The van der Waals surface area contributed by atoms with Crippen LogP contribution in [0.25, 0.3) is 0 Å². The number of likely N-dealkylation sites (tertiary alicyclic amines) is 1. The van der Waals surface area contributed by atoms with Crippen molar-refractivity contribution in [2.24, 2.45) is 5.92 Å². The molecule has 0 unspecified atom stereocenters. The summed E-state index contributed by atoms with van der Waals surface area (Å²) in [7, 11) is 1.93. The van der Waals surface area contributed by atoms with E-state index in [1.807, 2.05) is 11.9 Å². The van der Waals surface area contributed by atoms with Crippen LogP contribution in [0.5, 0.6) is 0 Å². The third-order valence-electron chi connectivity index (χ3n) is 3.47. The zero-order valence-electron chi connectivity index (χ0n) is 11.0. The van der Waals surface area contributed by atoms with Crippen LogP contribution in [0.3, 0.4) is 0 Å². The fourth-order valence-electron chi connectivity index (χ4n) is 2.52. The lowest BCUT2D eigenvalue weighted by Crippen LogP contribution is -2.42. The van der Waals surface area contributed by atoms with Crippen LogP contribution in [-0.4, -0.2) is 37.5 Å². The van der Waals surface area contributed by atoms with E-state index in [0.29, 0.717) is 16.0 Å². The molecule has 3 nitrogen and oxygen atoms in total. The van der Waals surface area contributed by atoms with E-state index in [9.17, 15) is 9.18 Å². The highest BCUT2D eigenvalue weighted by atomic mass is 79.9. The minimum Gasteiger partial charge on any atom is -0.338 e. The van der Waals surface area contributed by atoms with Gasteiger partial charge in [-0.3, -0.25) is 4.79 Å². The lowest BCUT2D eigenvalue weighted by Gasteiger charge is -2.32. The number of benzene rings is 1. The fourth-order valence-corrected chi connectivity index (χ4v) is 2.90. The van der Waals surface area contributed by atoms with Crippen LogP contribution in [0.1, 0.15) is 23.2 Å². The molecule has 0 bridgehead atoms. The molecule has 1 heterocycles. The molecule has 0 radical (unpaired) electrons. The van der Waals surface area contributed by atoms with Gasteiger partial charge in [0.1, 0.15) is 5.82 Å². The molecule has 1 fully saturated rings. The van der Waals surface area contributed by atoms with Crippen molar-refractivity contribution < 1.29 is 9.18 Å². The van der Waals surface area contributed by atoms with E-state index < -0.39 is 0 Å². The Hall–Kier alpha value is -0.940. The summed E-state index contributed by atoms with van der Waals surface area (Å²) in [6.45, 7) is 2.49. The van der Waals surface area contributed by atoms with E-state index >= 15 is 0 Å². The monoisotopic (exact) mass is 328 g/mol. The maximum Gasteiger partial charge on any atom is 0.253 e. The number of halogens is 2. The number of rotatable bonds is 3. The Morgan fingerprint density at radius 2 is 2.37 bits per heavy atom. The second kappa shape index (κ2) is 6.48. The van der Waals surface area contributed by atoms with Crippen molar-refractivity contribution in [2.45, 2.75) is 12.8 Å². The normalized spacial score (nSPS) is 19.5. The average molecular weight is 329 g/mol. The predicted octanol–water partition coefficient (Wildman–Crippen LogP) is 2.66. The average Bonchev–Trinajstić information content (AvgIpc) is 2.42. The molecule has 0 spiro atoms. The van der Waals surface area contributed by atoms with Crippen LogP contribution in [0.4, 0.5) is 4.39 Å². The van der Waals surface area contributed by atoms with E-state index in [1.165, 1.54) is 6.07 Å². The van der Waals surface area contributed by atoms with Crippen LogP contribution >= 0.6 is 15.9 Å². The van der Waals surface area contributed by atoms with Gasteiger partial charge in [-0.05, 0) is 66.5 Å². The van der Waals surface area contributed by atoms with Crippen LogP contribution in [0.2, 0.25) is 0 Å². The van der Waals surface area contributed by atoms with Crippen molar-refractivity contribution in [3.63, 3.8) is 0 Å². The van der Waals surface area contributed by atoms with Crippen LogP contribution in [0, 0.1) is 11.7 Å². The lowest BCUT2D eigenvalue weighted by molar-refractivity contribution is 0.0674.